The smallest absolute Gasteiger partial charge is 0.302 e. The highest BCUT2D eigenvalue weighted by Crippen LogP contribution is 1.94. The first-order valence-corrected chi connectivity index (χ1v) is 18.9. The number of rotatable bonds is 7. The molecule has 2 atom stereocenters. The van der Waals surface area contributed by atoms with Crippen LogP contribution in [0.2, 0.25) is 0 Å². The Kier molecular flexibility index (Phi) is 139. The fraction of sp³-hybridized carbons (Fsp3) is 0.905. The van der Waals surface area contributed by atoms with Crippen molar-refractivity contribution in [1.82, 2.24) is 0 Å². The van der Waals surface area contributed by atoms with E-state index in [2.05, 4.69) is 60.5 Å². The number of hydrogen-bond donors (Lipinski definition) is 2. The van der Waals surface area contributed by atoms with Crippen LogP contribution in [-0.2, 0) is 38.1 Å². The van der Waals surface area contributed by atoms with Crippen molar-refractivity contribution in [3.8, 4) is 0 Å². The van der Waals surface area contributed by atoms with Crippen molar-refractivity contribution in [3.63, 3.8) is 0 Å². The van der Waals surface area contributed by atoms with Crippen molar-refractivity contribution in [2.75, 3.05) is 48.8 Å². The Morgan fingerprint density at radius 2 is 0.741 bits per heavy atom. The SMILES string of the molecule is CC(C)=O.CC(C)C.CC(C)F.CC(C)O.CCC(C)=O.CCC(C)C.CCC(C)F.CCC(C)O.CCOC.COC.COC(C)=O.COCC(C)=O. The molecule has 0 aromatic carbocycles. The molecule has 0 radical (unpaired) electrons. The summed E-state index contributed by atoms with van der Waals surface area (Å²) in [4.78, 5) is 38.8. The van der Waals surface area contributed by atoms with Gasteiger partial charge in [-0.25, -0.2) is 8.78 Å². The monoisotopic (exact) mass is 801 g/mol. The van der Waals surface area contributed by atoms with Crippen LogP contribution in [0, 0.1) is 11.8 Å². The third-order valence-corrected chi connectivity index (χ3v) is 3.39. The average Bonchev–Trinajstić information content (AvgIpc) is 3.01. The van der Waals surface area contributed by atoms with Gasteiger partial charge in [0.15, 0.2) is 5.78 Å². The van der Waals surface area contributed by atoms with Crippen molar-refractivity contribution in [2.24, 2.45) is 11.8 Å². The number of carbonyl (C=O) groups excluding carboxylic acids is 4. The standard InChI is InChI=1S/C5H12.C4H9F.C4H8O2.C4H10O.C4H8O.C4H10.C3H7F.C3H6O2.2C3H8O.C3H6O.C2H6O/c1-4-5(2)3;1-3-4(2)5;1-4(5)3-6-2;2*1-3-4(2)5;1-4(2)3;1-3(2)4;1-3(4)5-2;1-3-4-2;2*1-3(2)4;1-3-2/h5H,4H2,1-3H3;4H,3H2,1-2H3;3H2,1-2H3;4-5H,3H2,1-2H3;3H2,1-2H3;4H,1-3H3;3H,1-2H3;1-2H3;3H2,1-2H3;3-4H,1-2H3;1-2H3;1-2H3. The van der Waals surface area contributed by atoms with Gasteiger partial charge >= 0.3 is 5.97 Å². The molecule has 0 aliphatic heterocycles. The molecule has 0 bridgehead atoms. The zero-order chi connectivity index (χ0) is 46.8. The van der Waals surface area contributed by atoms with Crippen molar-refractivity contribution in [2.45, 2.75) is 196 Å². The van der Waals surface area contributed by atoms with E-state index < -0.39 is 12.3 Å². The van der Waals surface area contributed by atoms with E-state index in [4.69, 9.17) is 10.2 Å². The first-order valence-electron chi connectivity index (χ1n) is 18.9. The minimum atomic E-state index is -0.667. The van der Waals surface area contributed by atoms with Crippen LogP contribution >= 0.6 is 0 Å². The maximum atomic E-state index is 11.4. The summed E-state index contributed by atoms with van der Waals surface area (Å²) in [5, 5.41) is 16.4. The summed E-state index contributed by atoms with van der Waals surface area (Å²) in [5.41, 5.74) is 0. The number of carbonyl (C=O) groups is 4. The highest BCUT2D eigenvalue weighted by atomic mass is 19.1. The number of ketones is 3. The molecule has 12 heteroatoms. The van der Waals surface area contributed by atoms with E-state index in [1.54, 1.807) is 55.9 Å². The fourth-order valence-electron chi connectivity index (χ4n) is 0.203. The van der Waals surface area contributed by atoms with Gasteiger partial charge in [0.1, 0.15) is 18.2 Å². The largest absolute Gasteiger partial charge is 0.469 e. The molecule has 54 heavy (non-hydrogen) atoms. The molecule has 0 aliphatic rings. The highest BCUT2D eigenvalue weighted by Gasteiger charge is 1.85. The first-order chi connectivity index (χ1) is 24.4. The van der Waals surface area contributed by atoms with Crippen LogP contribution in [0.15, 0.2) is 0 Å². The zero-order valence-corrected chi connectivity index (χ0v) is 40.6. The molecule has 10 nitrogen and oxygen atoms in total. The second-order valence-corrected chi connectivity index (χ2v) is 12.9. The summed E-state index contributed by atoms with van der Waals surface area (Å²) in [5.74, 6) is 1.96. The van der Waals surface area contributed by atoms with Gasteiger partial charge in [0.2, 0.25) is 0 Å². The van der Waals surface area contributed by atoms with E-state index >= 15 is 0 Å². The number of aliphatic hydroxyl groups is 2. The van der Waals surface area contributed by atoms with E-state index in [0.29, 0.717) is 12.8 Å². The molecule has 0 aromatic heterocycles. The van der Waals surface area contributed by atoms with E-state index in [1.165, 1.54) is 62.2 Å². The van der Waals surface area contributed by atoms with E-state index in [0.717, 1.165) is 24.9 Å². The number of ether oxygens (including phenoxy) is 4. The Morgan fingerprint density at radius 1 is 0.574 bits per heavy atom. The Balaban J connectivity index is -0.0000000358. The topological polar surface area (TPSA) is 146 Å². The molecule has 0 aliphatic carbocycles. The van der Waals surface area contributed by atoms with Crippen LogP contribution in [0.4, 0.5) is 8.78 Å². The second-order valence-electron chi connectivity index (χ2n) is 12.9. The third kappa shape index (κ3) is 822. The Hall–Kier alpha value is -1.86. The van der Waals surface area contributed by atoms with Gasteiger partial charge in [0.05, 0.1) is 25.6 Å². The fourth-order valence-corrected chi connectivity index (χ4v) is 0.203. The molecule has 0 heterocycles. The van der Waals surface area contributed by atoms with Gasteiger partial charge in [0, 0.05) is 54.5 Å². The van der Waals surface area contributed by atoms with Crippen molar-refractivity contribution >= 4 is 23.3 Å². The van der Waals surface area contributed by atoms with Crippen LogP contribution in [0.3, 0.4) is 0 Å². The van der Waals surface area contributed by atoms with Gasteiger partial charge in [-0.1, -0.05) is 68.7 Å². The van der Waals surface area contributed by atoms with Gasteiger partial charge in [-0.05, 0) is 101 Å². The number of esters is 1. The number of Topliss-reactive ketones (excluding diaryl/α,β-unsaturated/α-hetero) is 3. The lowest BCUT2D eigenvalue weighted by Crippen LogP contribution is -1.98. The Labute approximate surface area is 336 Å². The molecule has 0 aromatic rings. The number of hydrogen-bond acceptors (Lipinski definition) is 10. The van der Waals surface area contributed by atoms with E-state index in [-0.39, 0.29) is 42.1 Å². The minimum absolute atomic E-state index is 0.0671. The summed E-state index contributed by atoms with van der Waals surface area (Å²) >= 11 is 0. The average molecular weight is 801 g/mol. The highest BCUT2D eigenvalue weighted by molar-refractivity contribution is 5.76. The van der Waals surface area contributed by atoms with Crippen molar-refractivity contribution < 1.29 is 57.1 Å². The summed E-state index contributed by atoms with van der Waals surface area (Å²) in [7, 11) is 7.78. The molecule has 0 spiro atoms. The predicted molar refractivity (Wildman–Crippen MR) is 230 cm³/mol. The number of alkyl halides is 2. The maximum absolute atomic E-state index is 11.4. The molecule has 0 rings (SSSR count). The van der Waals surface area contributed by atoms with Crippen molar-refractivity contribution in [3.05, 3.63) is 0 Å². The summed E-state index contributed by atoms with van der Waals surface area (Å²) in [6.07, 6.45) is 1.91. The van der Waals surface area contributed by atoms with Gasteiger partial charge in [-0.15, -0.1) is 0 Å². The summed E-state index contributed by atoms with van der Waals surface area (Å²) in [6, 6.07) is 0. The van der Waals surface area contributed by atoms with Crippen LogP contribution in [0.25, 0.3) is 0 Å². The molecule has 2 unspecified atom stereocenters. The van der Waals surface area contributed by atoms with Crippen LogP contribution in [0.1, 0.15) is 171 Å². The predicted octanol–water partition coefficient (Wildman–Crippen LogP) is 10.9. The lowest BCUT2D eigenvalue weighted by atomic mass is 10.2. The lowest BCUT2D eigenvalue weighted by molar-refractivity contribution is -0.138. The Morgan fingerprint density at radius 3 is 0.741 bits per heavy atom. The number of halogens is 2. The third-order valence-electron chi connectivity index (χ3n) is 3.39. The van der Waals surface area contributed by atoms with Gasteiger partial charge in [0.25, 0.3) is 0 Å². The van der Waals surface area contributed by atoms with Gasteiger partial charge in [-0.2, -0.15) is 0 Å². The minimum Gasteiger partial charge on any atom is -0.469 e. The van der Waals surface area contributed by atoms with E-state index in [9.17, 15) is 28.0 Å². The summed E-state index contributed by atoms with van der Waals surface area (Å²) in [6.45, 7) is 39.0. The van der Waals surface area contributed by atoms with E-state index in [1.807, 2.05) is 27.7 Å². The van der Waals surface area contributed by atoms with Crippen LogP contribution in [-0.4, -0.2) is 107 Å². The molecule has 0 fully saturated rings. The lowest BCUT2D eigenvalue weighted by Gasteiger charge is -1.90. The summed E-state index contributed by atoms with van der Waals surface area (Å²) < 4.78 is 39.8. The van der Waals surface area contributed by atoms with Crippen molar-refractivity contribution in [1.29, 1.82) is 0 Å². The van der Waals surface area contributed by atoms with Crippen LogP contribution < -0.4 is 0 Å². The first kappa shape index (κ1) is 84.6. The molecule has 0 amide bonds. The molecule has 0 saturated carbocycles. The molecular formula is C42H98F2O10. The number of aliphatic hydroxyl groups excluding tert-OH is 2. The molecular weight excluding hydrogens is 702 g/mol. The quantitative estimate of drug-likeness (QED) is 0.239. The maximum Gasteiger partial charge on any atom is 0.302 e. The van der Waals surface area contributed by atoms with Gasteiger partial charge < -0.3 is 38.7 Å². The van der Waals surface area contributed by atoms with Crippen LogP contribution in [0.5, 0.6) is 0 Å². The normalized spacial score (nSPS) is 9.30. The molecule has 0 saturated heterocycles. The molecule has 340 valence electrons. The zero-order valence-electron chi connectivity index (χ0n) is 40.6. The molecule has 2 N–H and O–H groups in total. The second kappa shape index (κ2) is 88.4. The number of methoxy groups -OCH3 is 4. The van der Waals surface area contributed by atoms with Gasteiger partial charge in [-0.3, -0.25) is 9.59 Å². The Bertz CT molecular complexity index is 552.